The number of amides is 1. The molecule has 1 heterocycles. The van der Waals surface area contributed by atoms with Gasteiger partial charge >= 0.3 is 0 Å². The van der Waals surface area contributed by atoms with Crippen molar-refractivity contribution in [3.05, 3.63) is 35.9 Å². The van der Waals surface area contributed by atoms with E-state index in [1.807, 2.05) is 47.0 Å². The van der Waals surface area contributed by atoms with Crippen LogP contribution in [0.1, 0.15) is 25.5 Å². The molecule has 1 aliphatic rings. The maximum Gasteiger partial charge on any atom is 0.244 e. The molecule has 1 aromatic rings. The summed E-state index contributed by atoms with van der Waals surface area (Å²) in [5.74, 6) is 1.65. The molecule has 0 saturated carbocycles. The molecular formula is C15H22N2OS. The number of nitrogens with two attached hydrogens (primary N) is 1. The minimum atomic E-state index is -0.530. The maximum atomic E-state index is 12.5. The fourth-order valence-electron chi connectivity index (χ4n) is 2.28. The SMILES string of the molecule is CC(C)[C@H]1CN(C(=O)[C@@H](N)c2ccccc2)CCS1. The van der Waals surface area contributed by atoms with Crippen LogP contribution < -0.4 is 5.73 Å². The molecule has 1 aromatic carbocycles. The van der Waals surface area contributed by atoms with Gasteiger partial charge in [0.25, 0.3) is 0 Å². The molecule has 0 aliphatic carbocycles. The number of rotatable bonds is 3. The molecule has 1 amide bonds. The average molecular weight is 278 g/mol. The zero-order chi connectivity index (χ0) is 13.8. The maximum absolute atomic E-state index is 12.5. The third-order valence-electron chi connectivity index (χ3n) is 3.57. The largest absolute Gasteiger partial charge is 0.339 e. The second kappa shape index (κ2) is 6.44. The molecule has 1 fully saturated rings. The lowest BCUT2D eigenvalue weighted by atomic mass is 10.1. The Balaban J connectivity index is 2.03. The Morgan fingerprint density at radius 3 is 2.68 bits per heavy atom. The molecule has 104 valence electrons. The summed E-state index contributed by atoms with van der Waals surface area (Å²) in [6.45, 7) is 6.06. The highest BCUT2D eigenvalue weighted by Gasteiger charge is 2.29. The van der Waals surface area contributed by atoms with Gasteiger partial charge < -0.3 is 10.6 Å². The van der Waals surface area contributed by atoms with Crippen LogP contribution >= 0.6 is 11.8 Å². The lowest BCUT2D eigenvalue weighted by Gasteiger charge is -2.35. The second-order valence-electron chi connectivity index (χ2n) is 5.33. The minimum absolute atomic E-state index is 0.0529. The standard InChI is InChI=1S/C15H22N2OS/c1-11(2)13-10-17(8-9-19-13)15(18)14(16)12-6-4-3-5-7-12/h3-7,11,13-14H,8-10,16H2,1-2H3/t13-,14+/m1/s1. The van der Waals surface area contributed by atoms with E-state index < -0.39 is 6.04 Å². The number of nitrogens with zero attached hydrogens (tertiary/aromatic N) is 1. The minimum Gasteiger partial charge on any atom is -0.339 e. The zero-order valence-corrected chi connectivity index (χ0v) is 12.4. The van der Waals surface area contributed by atoms with Crippen LogP contribution in [0.3, 0.4) is 0 Å². The number of thioether (sulfide) groups is 1. The van der Waals surface area contributed by atoms with Crippen LogP contribution in [0.15, 0.2) is 30.3 Å². The van der Waals surface area contributed by atoms with E-state index in [4.69, 9.17) is 5.73 Å². The van der Waals surface area contributed by atoms with Crippen molar-refractivity contribution in [2.45, 2.75) is 25.1 Å². The van der Waals surface area contributed by atoms with E-state index in [1.165, 1.54) is 0 Å². The summed E-state index contributed by atoms with van der Waals surface area (Å²) in [5, 5.41) is 0.528. The van der Waals surface area contributed by atoms with Gasteiger partial charge in [-0.05, 0) is 11.5 Å². The van der Waals surface area contributed by atoms with Gasteiger partial charge in [-0.25, -0.2) is 0 Å². The Labute approximate surface area is 119 Å². The first-order valence-electron chi connectivity index (χ1n) is 6.80. The van der Waals surface area contributed by atoms with E-state index in [9.17, 15) is 4.79 Å². The zero-order valence-electron chi connectivity index (χ0n) is 11.6. The lowest BCUT2D eigenvalue weighted by Crippen LogP contribution is -2.47. The summed E-state index contributed by atoms with van der Waals surface area (Å²) < 4.78 is 0. The van der Waals surface area contributed by atoms with Crippen molar-refractivity contribution < 1.29 is 4.79 Å². The molecule has 0 radical (unpaired) electrons. The van der Waals surface area contributed by atoms with Gasteiger partial charge in [0.1, 0.15) is 6.04 Å². The van der Waals surface area contributed by atoms with Gasteiger partial charge in [-0.3, -0.25) is 4.79 Å². The van der Waals surface area contributed by atoms with Gasteiger partial charge in [0.2, 0.25) is 5.91 Å². The predicted octanol–water partition coefficient (Wildman–Crippen LogP) is 2.29. The molecular weight excluding hydrogens is 256 g/mol. The summed E-state index contributed by atoms with van der Waals surface area (Å²) in [7, 11) is 0. The highest BCUT2D eigenvalue weighted by molar-refractivity contribution is 8.00. The van der Waals surface area contributed by atoms with Crippen molar-refractivity contribution in [1.82, 2.24) is 4.90 Å². The normalized spacial score (nSPS) is 21.5. The van der Waals surface area contributed by atoms with Gasteiger partial charge in [-0.15, -0.1) is 0 Å². The van der Waals surface area contributed by atoms with E-state index >= 15 is 0 Å². The number of carbonyl (C=O) groups is 1. The lowest BCUT2D eigenvalue weighted by molar-refractivity contribution is -0.132. The van der Waals surface area contributed by atoms with Crippen LogP contribution in [0, 0.1) is 5.92 Å². The smallest absolute Gasteiger partial charge is 0.244 e. The molecule has 2 atom stereocenters. The fourth-order valence-corrected chi connectivity index (χ4v) is 3.58. The third-order valence-corrected chi connectivity index (χ3v) is 5.11. The second-order valence-corrected chi connectivity index (χ2v) is 6.67. The predicted molar refractivity (Wildman–Crippen MR) is 81.0 cm³/mol. The van der Waals surface area contributed by atoms with Gasteiger partial charge in [-0.2, -0.15) is 11.8 Å². The van der Waals surface area contributed by atoms with Crippen molar-refractivity contribution in [3.63, 3.8) is 0 Å². The van der Waals surface area contributed by atoms with E-state index in [0.29, 0.717) is 11.2 Å². The van der Waals surface area contributed by atoms with E-state index in [0.717, 1.165) is 24.4 Å². The molecule has 1 saturated heterocycles. The highest BCUT2D eigenvalue weighted by Crippen LogP contribution is 2.26. The number of hydrogen-bond acceptors (Lipinski definition) is 3. The molecule has 2 rings (SSSR count). The van der Waals surface area contributed by atoms with Crippen molar-refractivity contribution in [3.8, 4) is 0 Å². The molecule has 3 nitrogen and oxygen atoms in total. The van der Waals surface area contributed by atoms with Gasteiger partial charge in [-0.1, -0.05) is 44.2 Å². The van der Waals surface area contributed by atoms with Gasteiger partial charge in [0.15, 0.2) is 0 Å². The molecule has 0 unspecified atom stereocenters. The summed E-state index contributed by atoms with van der Waals surface area (Å²) in [6.07, 6.45) is 0. The topological polar surface area (TPSA) is 46.3 Å². The Morgan fingerprint density at radius 1 is 1.37 bits per heavy atom. The summed E-state index contributed by atoms with van der Waals surface area (Å²) in [4.78, 5) is 14.4. The molecule has 0 bridgehead atoms. The van der Waals surface area contributed by atoms with Crippen molar-refractivity contribution in [2.24, 2.45) is 11.7 Å². The van der Waals surface area contributed by atoms with Crippen LogP contribution in [-0.4, -0.2) is 34.9 Å². The van der Waals surface area contributed by atoms with E-state index in [2.05, 4.69) is 13.8 Å². The quantitative estimate of drug-likeness (QED) is 0.922. The highest BCUT2D eigenvalue weighted by atomic mass is 32.2. The van der Waals surface area contributed by atoms with Crippen LogP contribution in [0.25, 0.3) is 0 Å². The molecule has 2 N–H and O–H groups in total. The molecule has 4 heteroatoms. The Morgan fingerprint density at radius 2 is 2.05 bits per heavy atom. The van der Waals surface area contributed by atoms with E-state index in [1.54, 1.807) is 0 Å². The van der Waals surface area contributed by atoms with Crippen LogP contribution in [0.4, 0.5) is 0 Å². The first-order valence-corrected chi connectivity index (χ1v) is 7.85. The third kappa shape index (κ3) is 3.51. The summed E-state index contributed by atoms with van der Waals surface area (Å²) in [6, 6.07) is 9.09. The van der Waals surface area contributed by atoms with Gasteiger partial charge in [0.05, 0.1) is 0 Å². The Kier molecular flexibility index (Phi) is 4.88. The van der Waals surface area contributed by atoms with Crippen molar-refractivity contribution >= 4 is 17.7 Å². The molecule has 0 aromatic heterocycles. The average Bonchev–Trinajstić information content (AvgIpc) is 2.46. The van der Waals surface area contributed by atoms with E-state index in [-0.39, 0.29) is 5.91 Å². The number of benzene rings is 1. The molecule has 19 heavy (non-hydrogen) atoms. The summed E-state index contributed by atoms with van der Waals surface area (Å²) >= 11 is 1.97. The Bertz CT molecular complexity index is 421. The van der Waals surface area contributed by atoms with Gasteiger partial charge in [0, 0.05) is 24.1 Å². The first-order chi connectivity index (χ1) is 9.09. The van der Waals surface area contributed by atoms with Crippen LogP contribution in [0.5, 0.6) is 0 Å². The van der Waals surface area contributed by atoms with Crippen LogP contribution in [-0.2, 0) is 4.79 Å². The molecule has 1 aliphatic heterocycles. The first kappa shape index (κ1) is 14.4. The summed E-state index contributed by atoms with van der Waals surface area (Å²) in [5.41, 5.74) is 6.99. The van der Waals surface area contributed by atoms with Crippen molar-refractivity contribution in [1.29, 1.82) is 0 Å². The number of carbonyl (C=O) groups excluding carboxylic acids is 1. The van der Waals surface area contributed by atoms with Crippen LogP contribution in [0.2, 0.25) is 0 Å². The monoisotopic (exact) mass is 278 g/mol. The molecule has 0 spiro atoms. The fraction of sp³-hybridized carbons (Fsp3) is 0.533. The van der Waals surface area contributed by atoms with Crippen molar-refractivity contribution in [2.75, 3.05) is 18.8 Å². The Hall–Kier alpha value is -1.00. The number of hydrogen-bond donors (Lipinski definition) is 1.